The minimum absolute atomic E-state index is 0.197. The van der Waals surface area contributed by atoms with Crippen LogP contribution in [0, 0.1) is 5.82 Å². The van der Waals surface area contributed by atoms with Crippen LogP contribution in [0.4, 0.5) is 4.39 Å². The molecule has 1 fully saturated rings. The number of amides is 1. The molecule has 2 aromatic rings. The van der Waals surface area contributed by atoms with Crippen molar-refractivity contribution < 1.29 is 14.3 Å². The van der Waals surface area contributed by atoms with Crippen LogP contribution in [0.1, 0.15) is 11.1 Å². The van der Waals surface area contributed by atoms with E-state index in [0.717, 1.165) is 49.0 Å². The molecule has 7 heteroatoms. The summed E-state index contributed by atoms with van der Waals surface area (Å²) < 4.78 is 13.0. The standard InChI is InChI=1S/C21H20FN3O2S/c22-17-5-1-16(2-6-17)14-24-9-11-25(12-10-24)21-23-20(27)19(28-21)13-15-3-7-18(26)8-4-15/h1-8,13,26H,9-12,14H2/b19-13-. The third-order valence-corrected chi connectivity index (χ3v) is 5.81. The van der Waals surface area contributed by atoms with Crippen LogP contribution >= 0.6 is 11.8 Å². The molecule has 2 heterocycles. The lowest BCUT2D eigenvalue weighted by atomic mass is 10.2. The molecule has 1 amide bonds. The van der Waals surface area contributed by atoms with E-state index in [4.69, 9.17) is 0 Å². The Hall–Kier alpha value is -2.64. The molecule has 1 saturated heterocycles. The van der Waals surface area contributed by atoms with Crippen LogP contribution in [-0.4, -0.2) is 52.2 Å². The summed E-state index contributed by atoms with van der Waals surface area (Å²) in [6.45, 7) is 4.11. The second kappa shape index (κ2) is 8.16. The zero-order chi connectivity index (χ0) is 19.5. The number of halogens is 1. The molecule has 1 N–H and O–H groups in total. The lowest BCUT2D eigenvalue weighted by Crippen LogP contribution is -2.47. The van der Waals surface area contributed by atoms with Gasteiger partial charge in [0.05, 0.1) is 4.91 Å². The maximum Gasteiger partial charge on any atom is 0.286 e. The van der Waals surface area contributed by atoms with E-state index < -0.39 is 0 Å². The van der Waals surface area contributed by atoms with Crippen molar-refractivity contribution in [3.8, 4) is 5.75 Å². The summed E-state index contributed by atoms with van der Waals surface area (Å²) in [5.74, 6) is -0.240. The topological polar surface area (TPSA) is 56.1 Å². The number of amidine groups is 1. The lowest BCUT2D eigenvalue weighted by Gasteiger charge is -2.35. The highest BCUT2D eigenvalue weighted by Crippen LogP contribution is 2.31. The average molecular weight is 397 g/mol. The number of hydrogen-bond donors (Lipinski definition) is 1. The molecule has 5 nitrogen and oxygen atoms in total. The Morgan fingerprint density at radius 1 is 1.04 bits per heavy atom. The third kappa shape index (κ3) is 4.43. The van der Waals surface area contributed by atoms with Crippen LogP contribution in [0.3, 0.4) is 0 Å². The number of benzene rings is 2. The monoisotopic (exact) mass is 397 g/mol. The molecule has 0 unspecified atom stereocenters. The minimum atomic E-state index is -0.221. The molecule has 0 bridgehead atoms. The van der Waals surface area contributed by atoms with Crippen LogP contribution in [-0.2, 0) is 11.3 Å². The molecule has 28 heavy (non-hydrogen) atoms. The number of piperazine rings is 1. The van der Waals surface area contributed by atoms with E-state index in [-0.39, 0.29) is 17.5 Å². The maximum atomic E-state index is 13.0. The number of carbonyl (C=O) groups excluding carboxylic acids is 1. The summed E-state index contributed by atoms with van der Waals surface area (Å²) in [5.41, 5.74) is 1.95. The third-order valence-electron chi connectivity index (χ3n) is 4.76. The quantitative estimate of drug-likeness (QED) is 0.806. The van der Waals surface area contributed by atoms with Gasteiger partial charge in [-0.05, 0) is 53.2 Å². The summed E-state index contributed by atoms with van der Waals surface area (Å²) in [6.07, 6.45) is 1.80. The van der Waals surface area contributed by atoms with E-state index in [2.05, 4.69) is 14.8 Å². The van der Waals surface area contributed by atoms with Gasteiger partial charge in [0.2, 0.25) is 0 Å². The molecule has 0 saturated carbocycles. The molecule has 2 aliphatic heterocycles. The van der Waals surface area contributed by atoms with Crippen molar-refractivity contribution in [2.24, 2.45) is 4.99 Å². The highest BCUT2D eigenvalue weighted by atomic mass is 32.2. The van der Waals surface area contributed by atoms with Gasteiger partial charge in [0.25, 0.3) is 5.91 Å². The molecule has 144 valence electrons. The molecular weight excluding hydrogens is 377 g/mol. The van der Waals surface area contributed by atoms with Crippen molar-refractivity contribution >= 4 is 28.9 Å². The Morgan fingerprint density at radius 2 is 1.71 bits per heavy atom. The van der Waals surface area contributed by atoms with Gasteiger partial charge in [0, 0.05) is 32.7 Å². The maximum absolute atomic E-state index is 13.0. The van der Waals surface area contributed by atoms with Gasteiger partial charge in [0.1, 0.15) is 11.6 Å². The van der Waals surface area contributed by atoms with Crippen LogP contribution in [0.15, 0.2) is 58.4 Å². The van der Waals surface area contributed by atoms with Crippen molar-refractivity contribution in [3.63, 3.8) is 0 Å². The molecule has 0 radical (unpaired) electrons. The number of hydrogen-bond acceptors (Lipinski definition) is 5. The van der Waals surface area contributed by atoms with E-state index in [0.29, 0.717) is 4.91 Å². The first-order valence-electron chi connectivity index (χ1n) is 9.10. The molecule has 0 atom stereocenters. The van der Waals surface area contributed by atoms with Gasteiger partial charge in [-0.1, -0.05) is 24.3 Å². The number of rotatable bonds is 3. The largest absolute Gasteiger partial charge is 0.508 e. The van der Waals surface area contributed by atoms with Crippen LogP contribution < -0.4 is 0 Å². The van der Waals surface area contributed by atoms with Crippen LogP contribution in [0.5, 0.6) is 5.75 Å². The lowest BCUT2D eigenvalue weighted by molar-refractivity contribution is -0.113. The number of aromatic hydroxyl groups is 1. The summed E-state index contributed by atoms with van der Waals surface area (Å²) >= 11 is 1.40. The number of carbonyl (C=O) groups is 1. The van der Waals surface area contributed by atoms with Crippen molar-refractivity contribution in [1.29, 1.82) is 0 Å². The number of phenols is 1. The molecule has 0 aliphatic carbocycles. The zero-order valence-corrected chi connectivity index (χ0v) is 16.0. The van der Waals surface area contributed by atoms with E-state index >= 15 is 0 Å². The van der Waals surface area contributed by atoms with Gasteiger partial charge < -0.3 is 10.0 Å². The van der Waals surface area contributed by atoms with Gasteiger partial charge in [-0.2, -0.15) is 4.99 Å². The Bertz CT molecular complexity index is 918. The Morgan fingerprint density at radius 3 is 2.39 bits per heavy atom. The van der Waals surface area contributed by atoms with E-state index in [1.165, 1.54) is 23.9 Å². The van der Waals surface area contributed by atoms with Gasteiger partial charge in [-0.3, -0.25) is 9.69 Å². The summed E-state index contributed by atoms with van der Waals surface area (Å²) in [6, 6.07) is 13.3. The minimum Gasteiger partial charge on any atom is -0.508 e. The van der Waals surface area contributed by atoms with Gasteiger partial charge in [0.15, 0.2) is 5.17 Å². The fourth-order valence-corrected chi connectivity index (χ4v) is 4.17. The Labute approximate surface area is 167 Å². The molecule has 4 rings (SSSR count). The predicted octanol–water partition coefficient (Wildman–Crippen LogP) is 3.32. The smallest absolute Gasteiger partial charge is 0.286 e. The summed E-state index contributed by atoms with van der Waals surface area (Å²) in [7, 11) is 0. The second-order valence-corrected chi connectivity index (χ2v) is 7.80. The van der Waals surface area contributed by atoms with Gasteiger partial charge in [-0.25, -0.2) is 4.39 Å². The first-order valence-corrected chi connectivity index (χ1v) is 9.92. The highest BCUT2D eigenvalue weighted by molar-refractivity contribution is 8.18. The molecule has 0 aromatic heterocycles. The molecular formula is C21H20FN3O2S. The SMILES string of the molecule is O=C1N=C(N2CCN(Cc3ccc(F)cc3)CC2)S/C1=C\c1ccc(O)cc1. The average Bonchev–Trinajstić information content (AvgIpc) is 3.06. The van der Waals surface area contributed by atoms with E-state index in [1.807, 2.05) is 12.1 Å². The second-order valence-electron chi connectivity index (χ2n) is 6.79. The van der Waals surface area contributed by atoms with Crippen molar-refractivity contribution in [2.45, 2.75) is 6.54 Å². The van der Waals surface area contributed by atoms with Crippen molar-refractivity contribution in [1.82, 2.24) is 9.80 Å². The van der Waals surface area contributed by atoms with E-state index in [9.17, 15) is 14.3 Å². The molecule has 2 aliphatic rings. The zero-order valence-electron chi connectivity index (χ0n) is 15.2. The first-order chi connectivity index (χ1) is 13.6. The predicted molar refractivity (Wildman–Crippen MR) is 109 cm³/mol. The number of thioether (sulfide) groups is 1. The van der Waals surface area contributed by atoms with Gasteiger partial charge >= 0.3 is 0 Å². The summed E-state index contributed by atoms with van der Waals surface area (Å²) in [4.78, 5) is 21.5. The molecule has 2 aromatic carbocycles. The number of phenolic OH excluding ortho intramolecular Hbond substituents is 1. The van der Waals surface area contributed by atoms with Gasteiger partial charge in [-0.15, -0.1) is 0 Å². The van der Waals surface area contributed by atoms with Crippen molar-refractivity contribution in [3.05, 3.63) is 70.4 Å². The Balaban J connectivity index is 1.33. The summed E-state index contributed by atoms with van der Waals surface area (Å²) in [5, 5.41) is 10.1. The fraction of sp³-hybridized carbons (Fsp3) is 0.238. The molecule has 0 spiro atoms. The van der Waals surface area contributed by atoms with E-state index in [1.54, 1.807) is 30.3 Å². The number of aliphatic imine (C=N–C) groups is 1. The fourth-order valence-electron chi connectivity index (χ4n) is 3.20. The Kier molecular flexibility index (Phi) is 5.45. The normalized spacial score (nSPS) is 19.3. The number of nitrogens with zero attached hydrogens (tertiary/aromatic N) is 3. The van der Waals surface area contributed by atoms with Crippen molar-refractivity contribution in [2.75, 3.05) is 26.2 Å². The van der Waals surface area contributed by atoms with Crippen LogP contribution in [0.25, 0.3) is 6.08 Å². The highest BCUT2D eigenvalue weighted by Gasteiger charge is 2.28. The van der Waals surface area contributed by atoms with Crippen LogP contribution in [0.2, 0.25) is 0 Å². The first kappa shape index (κ1) is 18.7.